The molecule has 0 saturated carbocycles. The van der Waals surface area contributed by atoms with Crippen LogP contribution < -0.4 is 11.1 Å². The second-order valence-electron chi connectivity index (χ2n) is 5.51. The van der Waals surface area contributed by atoms with Crippen molar-refractivity contribution in [1.29, 1.82) is 0 Å². The molecule has 0 bridgehead atoms. The van der Waals surface area contributed by atoms with Crippen molar-refractivity contribution in [1.82, 2.24) is 0 Å². The van der Waals surface area contributed by atoms with Crippen LogP contribution in [0, 0.1) is 0 Å². The summed E-state index contributed by atoms with van der Waals surface area (Å²) >= 11 is 0. The molecule has 0 aliphatic rings. The molecule has 0 radical (unpaired) electrons. The maximum atomic E-state index is 11.1. The summed E-state index contributed by atoms with van der Waals surface area (Å²) in [6.45, 7) is 6.21. The van der Waals surface area contributed by atoms with Gasteiger partial charge in [-0.25, -0.2) is 0 Å². The van der Waals surface area contributed by atoms with Crippen molar-refractivity contribution in [3.8, 4) is 0 Å². The number of methoxy groups -OCH3 is 1. The number of hydrogen-bond donors (Lipinski definition) is 2. The summed E-state index contributed by atoms with van der Waals surface area (Å²) in [7, 11) is 1.72. The Morgan fingerprint density at radius 2 is 2.05 bits per heavy atom. The van der Waals surface area contributed by atoms with Gasteiger partial charge in [-0.15, -0.1) is 0 Å². The van der Waals surface area contributed by atoms with Crippen LogP contribution in [0.3, 0.4) is 0 Å². The van der Waals surface area contributed by atoms with Crippen LogP contribution in [-0.4, -0.2) is 24.7 Å². The zero-order chi connectivity index (χ0) is 14.5. The van der Waals surface area contributed by atoms with Crippen molar-refractivity contribution < 1.29 is 9.53 Å². The minimum Gasteiger partial charge on any atom is -0.382 e. The number of benzene rings is 1. The number of primary amides is 1. The van der Waals surface area contributed by atoms with Gasteiger partial charge in [0, 0.05) is 18.8 Å². The summed E-state index contributed by atoms with van der Waals surface area (Å²) in [5, 5.41) is 3.42. The molecular weight excluding hydrogens is 240 g/mol. The molecule has 0 aliphatic heterocycles. The number of hydrogen-bond acceptors (Lipinski definition) is 3. The van der Waals surface area contributed by atoms with E-state index in [1.165, 1.54) is 0 Å². The van der Waals surface area contributed by atoms with E-state index in [0.29, 0.717) is 0 Å². The molecule has 0 spiro atoms. The van der Waals surface area contributed by atoms with E-state index >= 15 is 0 Å². The zero-order valence-electron chi connectivity index (χ0n) is 12.2. The molecule has 0 fully saturated rings. The molecule has 1 unspecified atom stereocenters. The van der Waals surface area contributed by atoms with Crippen LogP contribution in [-0.2, 0) is 16.0 Å². The SMILES string of the molecule is COC(C)(C)CC(C)Nc1ccccc1CC(N)=O. The fourth-order valence-corrected chi connectivity index (χ4v) is 2.14. The van der Waals surface area contributed by atoms with Crippen molar-refractivity contribution in [2.24, 2.45) is 5.73 Å². The second-order valence-corrected chi connectivity index (χ2v) is 5.51. The lowest BCUT2D eigenvalue weighted by atomic mass is 9.99. The van der Waals surface area contributed by atoms with Gasteiger partial charge in [0.25, 0.3) is 0 Å². The number of carbonyl (C=O) groups is 1. The van der Waals surface area contributed by atoms with Crippen molar-refractivity contribution >= 4 is 11.6 Å². The van der Waals surface area contributed by atoms with Gasteiger partial charge in [0.05, 0.1) is 12.0 Å². The molecule has 0 aromatic heterocycles. The molecule has 19 heavy (non-hydrogen) atoms. The highest BCUT2D eigenvalue weighted by Gasteiger charge is 2.20. The molecule has 1 aromatic rings. The number of carbonyl (C=O) groups excluding carboxylic acids is 1. The Hall–Kier alpha value is -1.55. The molecule has 4 heteroatoms. The number of para-hydroxylation sites is 1. The smallest absolute Gasteiger partial charge is 0.221 e. The molecule has 0 heterocycles. The summed E-state index contributed by atoms with van der Waals surface area (Å²) in [6, 6.07) is 7.98. The van der Waals surface area contributed by atoms with Gasteiger partial charge in [0.15, 0.2) is 0 Å². The van der Waals surface area contributed by atoms with E-state index in [2.05, 4.69) is 26.1 Å². The number of nitrogens with two attached hydrogens (primary N) is 1. The molecule has 106 valence electrons. The van der Waals surface area contributed by atoms with Crippen molar-refractivity contribution in [3.05, 3.63) is 29.8 Å². The Morgan fingerprint density at radius 1 is 1.42 bits per heavy atom. The van der Waals surface area contributed by atoms with Gasteiger partial charge in [0.2, 0.25) is 5.91 Å². The number of amides is 1. The first-order valence-corrected chi connectivity index (χ1v) is 6.52. The molecule has 1 rings (SSSR count). The number of ether oxygens (including phenoxy) is 1. The Morgan fingerprint density at radius 3 is 2.63 bits per heavy atom. The molecule has 1 aromatic carbocycles. The van der Waals surface area contributed by atoms with Crippen molar-refractivity contribution in [3.63, 3.8) is 0 Å². The fourth-order valence-electron chi connectivity index (χ4n) is 2.14. The first kappa shape index (κ1) is 15.5. The second kappa shape index (κ2) is 6.57. The van der Waals surface area contributed by atoms with E-state index < -0.39 is 0 Å². The fraction of sp³-hybridized carbons (Fsp3) is 0.533. The van der Waals surface area contributed by atoms with Crippen LogP contribution in [0.4, 0.5) is 5.69 Å². The lowest BCUT2D eigenvalue weighted by Crippen LogP contribution is -2.31. The highest BCUT2D eigenvalue weighted by Crippen LogP contribution is 2.21. The molecule has 1 atom stereocenters. The van der Waals surface area contributed by atoms with Gasteiger partial charge in [-0.3, -0.25) is 4.79 Å². The standard InChI is InChI=1S/C15H24N2O2/c1-11(10-15(2,3)19-4)17-13-8-6-5-7-12(13)9-14(16)18/h5-8,11,17H,9-10H2,1-4H3,(H2,16,18). The minimum absolute atomic E-state index is 0.176. The van der Waals surface area contributed by atoms with Gasteiger partial charge in [0.1, 0.15) is 0 Å². The zero-order valence-corrected chi connectivity index (χ0v) is 12.2. The first-order chi connectivity index (χ1) is 8.84. The van der Waals surface area contributed by atoms with Crippen LogP contribution >= 0.6 is 0 Å². The summed E-state index contributed by atoms with van der Waals surface area (Å²) in [5.41, 5.74) is 6.97. The highest BCUT2D eigenvalue weighted by molar-refractivity contribution is 5.78. The van der Waals surface area contributed by atoms with Gasteiger partial charge in [-0.2, -0.15) is 0 Å². The van der Waals surface area contributed by atoms with Crippen LogP contribution in [0.25, 0.3) is 0 Å². The van der Waals surface area contributed by atoms with E-state index in [1.54, 1.807) is 7.11 Å². The number of rotatable bonds is 7. The Labute approximate surface area is 115 Å². The van der Waals surface area contributed by atoms with Crippen molar-refractivity contribution in [2.45, 2.75) is 45.3 Å². The monoisotopic (exact) mass is 264 g/mol. The average molecular weight is 264 g/mol. The highest BCUT2D eigenvalue weighted by atomic mass is 16.5. The van der Waals surface area contributed by atoms with E-state index in [0.717, 1.165) is 17.7 Å². The van der Waals surface area contributed by atoms with E-state index in [-0.39, 0.29) is 24.0 Å². The Bertz CT molecular complexity index is 430. The van der Waals surface area contributed by atoms with E-state index in [1.807, 2.05) is 24.3 Å². The first-order valence-electron chi connectivity index (χ1n) is 6.52. The van der Waals surface area contributed by atoms with Crippen LogP contribution in [0.5, 0.6) is 0 Å². The maximum Gasteiger partial charge on any atom is 0.221 e. The molecular formula is C15H24N2O2. The van der Waals surface area contributed by atoms with Crippen LogP contribution in [0.15, 0.2) is 24.3 Å². The quantitative estimate of drug-likeness (QED) is 0.794. The van der Waals surface area contributed by atoms with Crippen LogP contribution in [0.1, 0.15) is 32.8 Å². The largest absolute Gasteiger partial charge is 0.382 e. The third-order valence-electron chi connectivity index (χ3n) is 3.13. The van der Waals surface area contributed by atoms with Crippen LogP contribution in [0.2, 0.25) is 0 Å². The van der Waals surface area contributed by atoms with Gasteiger partial charge >= 0.3 is 0 Å². The van der Waals surface area contributed by atoms with E-state index in [9.17, 15) is 4.79 Å². The van der Waals surface area contributed by atoms with Gasteiger partial charge in [-0.05, 0) is 38.8 Å². The Kier molecular flexibility index (Phi) is 5.36. The normalized spacial score (nSPS) is 13.1. The Balaban J connectivity index is 2.73. The van der Waals surface area contributed by atoms with Gasteiger partial charge in [-0.1, -0.05) is 18.2 Å². The molecule has 4 nitrogen and oxygen atoms in total. The third kappa shape index (κ3) is 5.30. The number of anilines is 1. The molecule has 1 amide bonds. The maximum absolute atomic E-state index is 11.1. The summed E-state index contributed by atoms with van der Waals surface area (Å²) < 4.78 is 5.43. The summed E-state index contributed by atoms with van der Waals surface area (Å²) in [5.74, 6) is -0.320. The average Bonchev–Trinajstić information content (AvgIpc) is 2.30. The number of nitrogens with one attached hydrogen (secondary N) is 1. The summed E-state index contributed by atoms with van der Waals surface area (Å²) in [6.07, 6.45) is 1.12. The third-order valence-corrected chi connectivity index (χ3v) is 3.13. The molecule has 0 saturated heterocycles. The minimum atomic E-state index is -0.320. The van der Waals surface area contributed by atoms with Gasteiger partial charge < -0.3 is 15.8 Å². The predicted molar refractivity (Wildman–Crippen MR) is 78.1 cm³/mol. The van der Waals surface area contributed by atoms with Crippen molar-refractivity contribution in [2.75, 3.05) is 12.4 Å². The predicted octanol–water partition coefficient (Wildman–Crippen LogP) is 2.33. The summed E-state index contributed by atoms with van der Waals surface area (Å²) in [4.78, 5) is 11.1. The van der Waals surface area contributed by atoms with E-state index in [4.69, 9.17) is 10.5 Å². The lowest BCUT2D eigenvalue weighted by molar-refractivity contribution is -0.117. The molecule has 3 N–H and O–H groups in total. The lowest BCUT2D eigenvalue weighted by Gasteiger charge is -2.28. The topological polar surface area (TPSA) is 64.3 Å². The molecule has 0 aliphatic carbocycles.